The number of thiazole rings is 1. The molecule has 0 aliphatic carbocycles. The minimum absolute atomic E-state index is 0.339. The largest absolute Gasteiger partial charge is 0.462 e. The van der Waals surface area contributed by atoms with Crippen molar-refractivity contribution in [1.82, 2.24) is 4.98 Å². The zero-order valence-electron chi connectivity index (χ0n) is 8.60. The van der Waals surface area contributed by atoms with Gasteiger partial charge >= 0.3 is 5.97 Å². The zero-order valence-corrected chi connectivity index (χ0v) is 10.2. The second-order valence-electron chi connectivity index (χ2n) is 2.95. The fourth-order valence-corrected chi connectivity index (χ4v) is 2.82. The molecule has 6 heteroatoms. The van der Waals surface area contributed by atoms with E-state index in [-0.39, 0.29) is 5.97 Å². The Morgan fingerprint density at radius 2 is 2.38 bits per heavy atom. The van der Waals surface area contributed by atoms with Crippen LogP contribution < -0.4 is 5.73 Å². The molecule has 4 nitrogen and oxygen atoms in total. The third-order valence-corrected chi connectivity index (χ3v) is 3.58. The molecule has 0 aliphatic heterocycles. The highest BCUT2D eigenvalue weighted by Crippen LogP contribution is 2.34. The Morgan fingerprint density at radius 3 is 3.00 bits per heavy atom. The maximum atomic E-state index is 11.7. The molecule has 0 unspecified atom stereocenters. The Balaban J connectivity index is 2.44. The third-order valence-electron chi connectivity index (χ3n) is 1.96. The summed E-state index contributed by atoms with van der Waals surface area (Å²) < 4.78 is 4.97. The lowest BCUT2D eigenvalue weighted by Gasteiger charge is -2.02. The first kappa shape index (κ1) is 11.1. The molecule has 2 heterocycles. The Bertz CT molecular complexity index is 491. The van der Waals surface area contributed by atoms with Crippen LogP contribution in [0.4, 0.5) is 5.00 Å². The van der Waals surface area contributed by atoms with Gasteiger partial charge in [0, 0.05) is 22.5 Å². The van der Waals surface area contributed by atoms with E-state index in [1.807, 2.05) is 10.8 Å². The van der Waals surface area contributed by atoms with Crippen LogP contribution in [0.15, 0.2) is 17.0 Å². The van der Waals surface area contributed by atoms with Gasteiger partial charge in [0.1, 0.15) is 15.6 Å². The average molecular weight is 254 g/mol. The lowest BCUT2D eigenvalue weighted by molar-refractivity contribution is 0.0529. The minimum Gasteiger partial charge on any atom is -0.462 e. The summed E-state index contributed by atoms with van der Waals surface area (Å²) in [6.45, 7) is 2.11. The number of carbonyl (C=O) groups is 1. The van der Waals surface area contributed by atoms with E-state index < -0.39 is 0 Å². The highest BCUT2D eigenvalue weighted by molar-refractivity contribution is 7.16. The number of hydrogen-bond donors (Lipinski definition) is 1. The van der Waals surface area contributed by atoms with Crippen LogP contribution in [0.3, 0.4) is 0 Å². The van der Waals surface area contributed by atoms with Gasteiger partial charge in [-0.3, -0.25) is 0 Å². The van der Waals surface area contributed by atoms with Crippen LogP contribution in [-0.4, -0.2) is 17.6 Å². The molecular weight excluding hydrogens is 244 g/mol. The topological polar surface area (TPSA) is 65.2 Å². The van der Waals surface area contributed by atoms with Crippen molar-refractivity contribution in [1.29, 1.82) is 0 Å². The molecule has 2 N–H and O–H groups in total. The number of nitrogens with zero attached hydrogens (tertiary/aromatic N) is 1. The van der Waals surface area contributed by atoms with Gasteiger partial charge in [-0.05, 0) is 6.92 Å². The first-order valence-corrected chi connectivity index (χ1v) is 6.44. The third kappa shape index (κ3) is 1.94. The van der Waals surface area contributed by atoms with E-state index in [0.29, 0.717) is 17.2 Å². The number of nitrogens with two attached hydrogens (primary N) is 1. The van der Waals surface area contributed by atoms with E-state index in [4.69, 9.17) is 10.5 Å². The highest BCUT2D eigenvalue weighted by Gasteiger charge is 2.20. The smallest absolute Gasteiger partial charge is 0.341 e. The van der Waals surface area contributed by atoms with E-state index in [0.717, 1.165) is 10.6 Å². The number of rotatable bonds is 3. The van der Waals surface area contributed by atoms with Gasteiger partial charge < -0.3 is 10.5 Å². The first-order chi connectivity index (χ1) is 7.74. The summed E-state index contributed by atoms with van der Waals surface area (Å²) in [7, 11) is 0. The van der Waals surface area contributed by atoms with Crippen molar-refractivity contribution in [3.63, 3.8) is 0 Å². The summed E-state index contributed by atoms with van der Waals surface area (Å²) in [5.41, 5.74) is 6.97. The lowest BCUT2D eigenvalue weighted by atomic mass is 10.2. The van der Waals surface area contributed by atoms with Crippen molar-refractivity contribution in [3.05, 3.63) is 22.5 Å². The second kappa shape index (κ2) is 4.63. The molecule has 0 saturated carbocycles. The SMILES string of the molecule is CCOC(=O)c1c(-c2nccs2)csc1N. The van der Waals surface area contributed by atoms with Gasteiger partial charge in [0.25, 0.3) is 0 Å². The van der Waals surface area contributed by atoms with Crippen molar-refractivity contribution in [2.24, 2.45) is 0 Å². The summed E-state index contributed by atoms with van der Waals surface area (Å²) in [6, 6.07) is 0. The molecule has 2 rings (SSSR count). The number of esters is 1. The van der Waals surface area contributed by atoms with Gasteiger partial charge in [-0.1, -0.05) is 0 Å². The van der Waals surface area contributed by atoms with Crippen LogP contribution in [0.2, 0.25) is 0 Å². The van der Waals surface area contributed by atoms with Gasteiger partial charge in [0.15, 0.2) is 0 Å². The van der Waals surface area contributed by atoms with Crippen LogP contribution >= 0.6 is 22.7 Å². The van der Waals surface area contributed by atoms with E-state index in [9.17, 15) is 4.79 Å². The van der Waals surface area contributed by atoms with Gasteiger partial charge in [-0.2, -0.15) is 0 Å². The van der Waals surface area contributed by atoms with Gasteiger partial charge in [0.2, 0.25) is 0 Å². The van der Waals surface area contributed by atoms with Crippen LogP contribution in [0, 0.1) is 0 Å². The fourth-order valence-electron chi connectivity index (χ4n) is 1.30. The van der Waals surface area contributed by atoms with Crippen LogP contribution in [0.5, 0.6) is 0 Å². The zero-order chi connectivity index (χ0) is 11.5. The predicted octanol–water partition coefficient (Wildman–Crippen LogP) is 2.63. The molecule has 0 aromatic carbocycles. The highest BCUT2D eigenvalue weighted by atomic mass is 32.1. The average Bonchev–Trinajstić information content (AvgIpc) is 2.86. The molecule has 16 heavy (non-hydrogen) atoms. The normalized spacial score (nSPS) is 10.3. The van der Waals surface area contributed by atoms with Gasteiger partial charge in [-0.25, -0.2) is 9.78 Å². The van der Waals surface area contributed by atoms with Gasteiger partial charge in [-0.15, -0.1) is 22.7 Å². The van der Waals surface area contributed by atoms with Crippen molar-refractivity contribution in [2.45, 2.75) is 6.92 Å². The van der Waals surface area contributed by atoms with Crippen LogP contribution in [0.1, 0.15) is 17.3 Å². The number of nitrogen functional groups attached to an aromatic ring is 1. The summed E-state index contributed by atoms with van der Waals surface area (Å²) in [6.07, 6.45) is 1.70. The van der Waals surface area contributed by atoms with Crippen molar-refractivity contribution in [2.75, 3.05) is 12.3 Å². The first-order valence-electron chi connectivity index (χ1n) is 4.68. The molecule has 84 valence electrons. The molecule has 0 spiro atoms. The molecule has 2 aromatic rings. The lowest BCUT2D eigenvalue weighted by Crippen LogP contribution is -2.07. The Labute approximate surface area is 101 Å². The summed E-state index contributed by atoms with van der Waals surface area (Å²) >= 11 is 2.80. The molecule has 0 bridgehead atoms. The Kier molecular flexibility index (Phi) is 3.21. The number of thiophene rings is 1. The summed E-state index contributed by atoms with van der Waals surface area (Å²) in [5.74, 6) is -0.383. The van der Waals surface area contributed by atoms with Crippen LogP contribution in [0.25, 0.3) is 10.6 Å². The molecule has 2 aromatic heterocycles. The maximum Gasteiger partial charge on any atom is 0.341 e. The van der Waals surface area contributed by atoms with E-state index in [2.05, 4.69) is 4.98 Å². The quantitative estimate of drug-likeness (QED) is 0.855. The number of hydrogen-bond acceptors (Lipinski definition) is 6. The van der Waals surface area contributed by atoms with E-state index >= 15 is 0 Å². The van der Waals surface area contributed by atoms with Crippen molar-refractivity contribution >= 4 is 33.6 Å². The predicted molar refractivity (Wildman–Crippen MR) is 65.8 cm³/mol. The van der Waals surface area contributed by atoms with Crippen molar-refractivity contribution in [3.8, 4) is 10.6 Å². The molecule has 0 amide bonds. The molecule has 0 saturated heterocycles. The Hall–Kier alpha value is -1.40. The van der Waals surface area contributed by atoms with E-state index in [1.165, 1.54) is 22.7 Å². The number of anilines is 1. The summed E-state index contributed by atoms with van der Waals surface area (Å²) in [4.78, 5) is 15.9. The number of aromatic nitrogens is 1. The standard InChI is InChI=1S/C10H10N2O2S2/c1-2-14-10(13)7-6(5-16-8(7)11)9-12-3-4-15-9/h3-5H,2,11H2,1H3. The fraction of sp³-hybridized carbons (Fsp3) is 0.200. The maximum absolute atomic E-state index is 11.7. The number of ether oxygens (including phenoxy) is 1. The molecule has 0 aliphatic rings. The molecule has 0 fully saturated rings. The molecule has 0 atom stereocenters. The number of carbonyl (C=O) groups excluding carboxylic acids is 1. The van der Waals surface area contributed by atoms with Gasteiger partial charge in [0.05, 0.1) is 6.61 Å². The van der Waals surface area contributed by atoms with Crippen molar-refractivity contribution < 1.29 is 9.53 Å². The molecular formula is C10H10N2O2S2. The summed E-state index contributed by atoms with van der Waals surface area (Å²) in [5, 5.41) is 4.96. The van der Waals surface area contributed by atoms with E-state index in [1.54, 1.807) is 13.1 Å². The monoisotopic (exact) mass is 254 g/mol. The van der Waals surface area contributed by atoms with Crippen LogP contribution in [-0.2, 0) is 4.74 Å². The Morgan fingerprint density at radius 1 is 1.56 bits per heavy atom. The minimum atomic E-state index is -0.383. The molecule has 0 radical (unpaired) electrons. The second-order valence-corrected chi connectivity index (χ2v) is 4.75.